The molecule has 1 aliphatic heterocycles. The maximum absolute atomic E-state index is 12.9. The van der Waals surface area contributed by atoms with Gasteiger partial charge in [-0.05, 0) is 42.7 Å². The zero-order valence-electron chi connectivity index (χ0n) is 15.4. The molecule has 2 aromatic carbocycles. The molecule has 1 unspecified atom stereocenters. The van der Waals surface area contributed by atoms with Crippen molar-refractivity contribution in [1.29, 1.82) is 0 Å². The molecule has 1 heterocycles. The molecule has 1 atom stereocenters. The fourth-order valence-corrected chi connectivity index (χ4v) is 5.91. The minimum absolute atomic E-state index is 0.0584. The Kier molecular flexibility index (Phi) is 4.93. The van der Waals surface area contributed by atoms with Crippen LogP contribution in [-0.2, 0) is 19.4 Å². The van der Waals surface area contributed by atoms with Crippen LogP contribution in [0.1, 0.15) is 43.6 Å². The average molecular weight is 398 g/mol. The molecule has 0 bridgehead atoms. The summed E-state index contributed by atoms with van der Waals surface area (Å²) < 4.78 is 25.6. The number of sulfone groups is 1. The number of para-hydroxylation sites is 1. The minimum atomic E-state index is -3.39. The van der Waals surface area contributed by atoms with Crippen LogP contribution < -0.4 is 10.6 Å². The van der Waals surface area contributed by atoms with E-state index < -0.39 is 15.8 Å². The second-order valence-corrected chi connectivity index (χ2v) is 9.59. The summed E-state index contributed by atoms with van der Waals surface area (Å²) in [6.07, 6.45) is 3.30. The summed E-state index contributed by atoms with van der Waals surface area (Å²) in [5.41, 5.74) is 1.82. The van der Waals surface area contributed by atoms with E-state index in [0.717, 1.165) is 18.4 Å². The molecule has 6 nitrogen and oxygen atoms in total. The third-order valence-corrected chi connectivity index (χ3v) is 7.75. The quantitative estimate of drug-likeness (QED) is 0.825. The monoisotopic (exact) mass is 398 g/mol. The summed E-state index contributed by atoms with van der Waals surface area (Å²) in [5, 5.41) is 5.22. The molecule has 7 heteroatoms. The number of amides is 2. The lowest BCUT2D eigenvalue weighted by Crippen LogP contribution is -2.30. The van der Waals surface area contributed by atoms with E-state index in [9.17, 15) is 18.0 Å². The number of rotatable bonds is 4. The molecule has 2 amide bonds. The van der Waals surface area contributed by atoms with Crippen molar-refractivity contribution >= 4 is 33.0 Å². The van der Waals surface area contributed by atoms with Crippen LogP contribution in [0.3, 0.4) is 0 Å². The van der Waals surface area contributed by atoms with E-state index in [1.807, 2.05) is 12.1 Å². The van der Waals surface area contributed by atoms with Gasteiger partial charge in [-0.2, -0.15) is 0 Å². The lowest BCUT2D eigenvalue weighted by Gasteiger charge is -2.24. The highest BCUT2D eigenvalue weighted by atomic mass is 32.2. The van der Waals surface area contributed by atoms with Crippen molar-refractivity contribution in [3.8, 4) is 0 Å². The molecule has 146 valence electrons. The van der Waals surface area contributed by atoms with E-state index in [0.29, 0.717) is 24.2 Å². The molecule has 1 saturated carbocycles. The van der Waals surface area contributed by atoms with Crippen LogP contribution in [0.2, 0.25) is 0 Å². The van der Waals surface area contributed by atoms with Crippen LogP contribution in [0.25, 0.3) is 0 Å². The molecule has 2 N–H and O–H groups in total. The van der Waals surface area contributed by atoms with E-state index in [-0.39, 0.29) is 28.4 Å². The number of anilines is 2. The van der Waals surface area contributed by atoms with Crippen LogP contribution in [0.15, 0.2) is 53.4 Å². The third kappa shape index (κ3) is 3.54. The Morgan fingerprint density at radius 3 is 2.57 bits per heavy atom. The van der Waals surface area contributed by atoms with Gasteiger partial charge in [0.1, 0.15) is 0 Å². The fourth-order valence-electron chi connectivity index (χ4n) is 4.02. The number of fused-ring (bicyclic) bond motifs is 1. The highest BCUT2D eigenvalue weighted by Gasteiger charge is 2.32. The summed E-state index contributed by atoms with van der Waals surface area (Å²) in [4.78, 5) is 25.0. The summed E-state index contributed by atoms with van der Waals surface area (Å²) in [6, 6.07) is 13.6. The molecule has 0 saturated heterocycles. The van der Waals surface area contributed by atoms with Gasteiger partial charge in [0.15, 0.2) is 9.84 Å². The molecule has 2 aromatic rings. The lowest BCUT2D eigenvalue weighted by atomic mass is 9.90. The molecule has 28 heavy (non-hydrogen) atoms. The van der Waals surface area contributed by atoms with Crippen molar-refractivity contribution in [3.05, 3.63) is 54.1 Å². The van der Waals surface area contributed by atoms with Crippen LogP contribution in [0.5, 0.6) is 0 Å². The highest BCUT2D eigenvalue weighted by molar-refractivity contribution is 7.92. The maximum atomic E-state index is 12.9. The van der Waals surface area contributed by atoms with E-state index in [1.54, 1.807) is 30.3 Å². The van der Waals surface area contributed by atoms with Gasteiger partial charge in [-0.15, -0.1) is 0 Å². The number of hydrogen-bond donors (Lipinski definition) is 2. The lowest BCUT2D eigenvalue weighted by molar-refractivity contribution is -0.123. The summed E-state index contributed by atoms with van der Waals surface area (Å²) in [5.74, 6) is -1.14. The van der Waals surface area contributed by atoms with Gasteiger partial charge in [0.05, 0.1) is 16.1 Å². The summed E-state index contributed by atoms with van der Waals surface area (Å²) in [6.45, 7) is 0. The number of hydrogen-bond acceptors (Lipinski definition) is 4. The molecule has 0 spiro atoms. The van der Waals surface area contributed by atoms with Crippen LogP contribution in [0.4, 0.5) is 11.4 Å². The number of benzene rings is 2. The Morgan fingerprint density at radius 1 is 1.04 bits per heavy atom. The van der Waals surface area contributed by atoms with Gasteiger partial charge < -0.3 is 10.6 Å². The molecule has 1 fully saturated rings. The fraction of sp³-hybridized carbons (Fsp3) is 0.333. The molecule has 0 radical (unpaired) electrons. The van der Waals surface area contributed by atoms with Crippen LogP contribution in [-0.4, -0.2) is 25.5 Å². The molecular formula is C21H22N2O4S. The minimum Gasteiger partial charge on any atom is -0.326 e. The number of nitrogens with one attached hydrogen (secondary N) is 2. The van der Waals surface area contributed by atoms with Crippen molar-refractivity contribution in [2.24, 2.45) is 0 Å². The Labute approximate surface area is 164 Å². The zero-order chi connectivity index (χ0) is 19.7. The summed E-state index contributed by atoms with van der Waals surface area (Å²) >= 11 is 0. The molecule has 1 aliphatic carbocycles. The Bertz CT molecular complexity index is 1030. The van der Waals surface area contributed by atoms with Crippen LogP contribution in [0, 0.1) is 0 Å². The predicted octanol–water partition coefficient (Wildman–Crippen LogP) is 3.47. The second-order valence-electron chi connectivity index (χ2n) is 7.36. The molecular weight excluding hydrogens is 376 g/mol. The van der Waals surface area contributed by atoms with Gasteiger partial charge in [0, 0.05) is 17.8 Å². The van der Waals surface area contributed by atoms with Crippen molar-refractivity contribution in [2.75, 3.05) is 10.6 Å². The first-order chi connectivity index (χ1) is 13.4. The van der Waals surface area contributed by atoms with Crippen molar-refractivity contribution in [2.45, 2.75) is 48.2 Å². The molecule has 0 aromatic heterocycles. The first kappa shape index (κ1) is 18.7. The second kappa shape index (κ2) is 7.39. The first-order valence-electron chi connectivity index (χ1n) is 9.49. The normalized spacial score (nSPS) is 19.7. The van der Waals surface area contributed by atoms with Gasteiger partial charge in [-0.25, -0.2) is 8.42 Å². The summed E-state index contributed by atoms with van der Waals surface area (Å²) in [7, 11) is -3.39. The van der Waals surface area contributed by atoms with Crippen molar-refractivity contribution < 1.29 is 18.0 Å². The van der Waals surface area contributed by atoms with E-state index in [1.165, 1.54) is 6.07 Å². The first-order valence-corrected chi connectivity index (χ1v) is 11.0. The Balaban J connectivity index is 1.57. The van der Waals surface area contributed by atoms with E-state index in [2.05, 4.69) is 10.6 Å². The average Bonchev–Trinajstić information content (AvgIpc) is 3.23. The van der Waals surface area contributed by atoms with Gasteiger partial charge in [0.2, 0.25) is 11.8 Å². The van der Waals surface area contributed by atoms with Crippen molar-refractivity contribution in [1.82, 2.24) is 0 Å². The molecule has 4 rings (SSSR count). The largest absolute Gasteiger partial charge is 0.326 e. The zero-order valence-corrected chi connectivity index (χ0v) is 16.2. The van der Waals surface area contributed by atoms with Crippen molar-refractivity contribution in [3.63, 3.8) is 0 Å². The third-order valence-electron chi connectivity index (χ3n) is 5.49. The standard InChI is InChI=1S/C21H22N2O4S/c24-20-13-18(17-10-3-4-11-19(17)23-20)21(25)22-14-6-5-9-16(12-14)28(26,27)15-7-1-2-8-15/h3-6,9-12,15,18H,1-2,7-8,13H2,(H,22,25)(H,23,24). The number of carbonyl (C=O) groups is 2. The predicted molar refractivity (Wildman–Crippen MR) is 107 cm³/mol. The highest BCUT2D eigenvalue weighted by Crippen LogP contribution is 2.34. The topological polar surface area (TPSA) is 92.3 Å². The van der Waals surface area contributed by atoms with E-state index >= 15 is 0 Å². The van der Waals surface area contributed by atoms with Gasteiger partial charge in [0.25, 0.3) is 0 Å². The van der Waals surface area contributed by atoms with E-state index in [4.69, 9.17) is 0 Å². The smallest absolute Gasteiger partial charge is 0.232 e. The molecule has 2 aliphatic rings. The number of carbonyl (C=O) groups excluding carboxylic acids is 2. The van der Waals surface area contributed by atoms with Gasteiger partial charge in [-0.3, -0.25) is 9.59 Å². The van der Waals surface area contributed by atoms with Crippen LogP contribution >= 0.6 is 0 Å². The SMILES string of the molecule is O=C1CC(C(=O)Nc2cccc(S(=O)(=O)C3CCCC3)c2)c2ccccc2N1. The Hall–Kier alpha value is -2.67. The van der Waals surface area contributed by atoms with Gasteiger partial charge in [-0.1, -0.05) is 37.1 Å². The van der Waals surface area contributed by atoms with Gasteiger partial charge >= 0.3 is 0 Å². The maximum Gasteiger partial charge on any atom is 0.232 e. The Morgan fingerprint density at radius 2 is 1.79 bits per heavy atom.